The minimum atomic E-state index is 0.116. The molecule has 1 aliphatic rings. The maximum absolute atomic E-state index is 8.93. The normalized spacial score (nSPS) is 21.6. The van der Waals surface area contributed by atoms with Crippen molar-refractivity contribution >= 4 is 0 Å². The third-order valence-corrected chi connectivity index (χ3v) is 4.61. The summed E-state index contributed by atoms with van der Waals surface area (Å²) in [5.41, 5.74) is 3.20. The molecule has 0 N–H and O–H groups in total. The van der Waals surface area contributed by atoms with Crippen LogP contribution in [0.15, 0.2) is 54.6 Å². The van der Waals surface area contributed by atoms with E-state index in [2.05, 4.69) is 61.2 Å². The van der Waals surface area contributed by atoms with Gasteiger partial charge in [-0.1, -0.05) is 56.3 Å². The van der Waals surface area contributed by atoms with Crippen molar-refractivity contribution in [2.45, 2.75) is 32.6 Å². The zero-order chi connectivity index (χ0) is 16.9. The molecule has 0 aromatic heterocycles. The predicted octanol–water partition coefficient (Wildman–Crippen LogP) is 4.16. The highest BCUT2D eigenvalue weighted by molar-refractivity contribution is 5.31. The highest BCUT2D eigenvalue weighted by Gasteiger charge is 2.30. The van der Waals surface area contributed by atoms with Crippen LogP contribution >= 0.6 is 0 Å². The first kappa shape index (κ1) is 16.7. The van der Waals surface area contributed by atoms with Gasteiger partial charge >= 0.3 is 0 Å². The number of benzene rings is 2. The Morgan fingerprint density at radius 1 is 1.08 bits per heavy atom. The number of morpholine rings is 1. The zero-order valence-corrected chi connectivity index (χ0v) is 14.4. The van der Waals surface area contributed by atoms with Gasteiger partial charge in [0.05, 0.1) is 23.8 Å². The van der Waals surface area contributed by atoms with Crippen molar-refractivity contribution in [1.82, 2.24) is 4.90 Å². The Labute approximate surface area is 144 Å². The van der Waals surface area contributed by atoms with Crippen molar-refractivity contribution in [3.63, 3.8) is 0 Å². The zero-order valence-electron chi connectivity index (χ0n) is 14.4. The number of ether oxygens (including phenoxy) is 1. The smallest absolute Gasteiger partial charge is 0.0991 e. The Kier molecular flexibility index (Phi) is 5.30. The van der Waals surface area contributed by atoms with Crippen LogP contribution in [0.25, 0.3) is 0 Å². The van der Waals surface area contributed by atoms with E-state index in [0.29, 0.717) is 11.5 Å². The van der Waals surface area contributed by atoms with Crippen LogP contribution < -0.4 is 0 Å². The molecule has 0 saturated carbocycles. The van der Waals surface area contributed by atoms with Crippen LogP contribution in [0.3, 0.4) is 0 Å². The highest BCUT2D eigenvalue weighted by atomic mass is 16.5. The molecule has 2 atom stereocenters. The van der Waals surface area contributed by atoms with Gasteiger partial charge in [-0.3, -0.25) is 4.90 Å². The largest absolute Gasteiger partial charge is 0.367 e. The van der Waals surface area contributed by atoms with E-state index in [-0.39, 0.29) is 12.2 Å². The summed E-state index contributed by atoms with van der Waals surface area (Å²) in [6, 6.07) is 20.5. The fraction of sp³-hybridized carbons (Fsp3) is 0.381. The third kappa shape index (κ3) is 4.03. The topological polar surface area (TPSA) is 36.3 Å². The summed E-state index contributed by atoms with van der Waals surface area (Å²) in [5.74, 6) is 0.486. The molecule has 3 nitrogen and oxygen atoms in total. The number of hydrogen-bond acceptors (Lipinski definition) is 3. The monoisotopic (exact) mass is 320 g/mol. The van der Waals surface area contributed by atoms with Crippen LogP contribution in [-0.2, 0) is 11.3 Å². The van der Waals surface area contributed by atoms with Gasteiger partial charge in [0.1, 0.15) is 0 Å². The van der Waals surface area contributed by atoms with Gasteiger partial charge in [0.25, 0.3) is 0 Å². The standard InChI is InChI=1S/C21H24N2O/c1-16(2)20-14-23(13-18-10-8-17(12-22)9-11-18)15-21(24-20)19-6-4-3-5-7-19/h3-11,16,20-21H,13-15H2,1-2H3/t20-,21+/m1/s1. The second-order valence-electron chi connectivity index (χ2n) is 6.82. The molecule has 1 aliphatic heterocycles. The minimum Gasteiger partial charge on any atom is -0.367 e. The second-order valence-corrected chi connectivity index (χ2v) is 6.82. The van der Waals surface area contributed by atoms with Crippen LogP contribution in [0.5, 0.6) is 0 Å². The lowest BCUT2D eigenvalue weighted by atomic mass is 10.0. The second kappa shape index (κ2) is 7.61. The van der Waals surface area contributed by atoms with Crippen molar-refractivity contribution in [2.75, 3.05) is 13.1 Å². The molecule has 1 fully saturated rings. The first-order valence-corrected chi connectivity index (χ1v) is 8.57. The molecule has 0 aliphatic carbocycles. The van der Waals surface area contributed by atoms with Gasteiger partial charge in [-0.2, -0.15) is 5.26 Å². The van der Waals surface area contributed by atoms with Crippen molar-refractivity contribution in [1.29, 1.82) is 5.26 Å². The van der Waals surface area contributed by atoms with E-state index in [1.165, 1.54) is 11.1 Å². The van der Waals surface area contributed by atoms with E-state index in [4.69, 9.17) is 10.00 Å². The van der Waals surface area contributed by atoms with Gasteiger partial charge in [0.2, 0.25) is 0 Å². The van der Waals surface area contributed by atoms with Crippen LogP contribution in [0, 0.1) is 17.2 Å². The van der Waals surface area contributed by atoms with Crippen molar-refractivity contribution in [2.24, 2.45) is 5.92 Å². The molecule has 2 aromatic carbocycles. The highest BCUT2D eigenvalue weighted by Crippen LogP contribution is 2.29. The van der Waals surface area contributed by atoms with E-state index >= 15 is 0 Å². The molecule has 0 bridgehead atoms. The summed E-state index contributed by atoms with van der Waals surface area (Å²) in [6.45, 7) is 7.17. The summed E-state index contributed by atoms with van der Waals surface area (Å²) in [4.78, 5) is 2.47. The Hall–Kier alpha value is -2.15. The lowest BCUT2D eigenvalue weighted by Gasteiger charge is -2.40. The summed E-state index contributed by atoms with van der Waals surface area (Å²) < 4.78 is 6.35. The van der Waals surface area contributed by atoms with Gasteiger partial charge in [0.15, 0.2) is 0 Å². The lowest BCUT2D eigenvalue weighted by molar-refractivity contribution is -0.107. The molecular formula is C21H24N2O. The van der Waals surface area contributed by atoms with Crippen LogP contribution in [-0.4, -0.2) is 24.1 Å². The fourth-order valence-corrected chi connectivity index (χ4v) is 3.15. The first-order valence-electron chi connectivity index (χ1n) is 8.57. The predicted molar refractivity (Wildman–Crippen MR) is 95.3 cm³/mol. The van der Waals surface area contributed by atoms with E-state index in [0.717, 1.165) is 19.6 Å². The number of nitrogens with zero attached hydrogens (tertiary/aromatic N) is 2. The summed E-state index contributed by atoms with van der Waals surface area (Å²) in [5, 5.41) is 8.93. The Morgan fingerprint density at radius 3 is 2.42 bits per heavy atom. The molecule has 2 aromatic rings. The molecule has 0 radical (unpaired) electrons. The SMILES string of the molecule is CC(C)[C@H]1CN(Cc2ccc(C#N)cc2)C[C@@H](c2ccccc2)O1. The quantitative estimate of drug-likeness (QED) is 0.849. The van der Waals surface area contributed by atoms with Crippen LogP contribution in [0.2, 0.25) is 0 Å². The molecule has 24 heavy (non-hydrogen) atoms. The molecule has 3 heteroatoms. The molecular weight excluding hydrogens is 296 g/mol. The van der Waals surface area contributed by atoms with Gasteiger partial charge in [-0.25, -0.2) is 0 Å². The average molecular weight is 320 g/mol. The lowest BCUT2D eigenvalue weighted by Crippen LogP contribution is -2.45. The summed E-state index contributed by atoms with van der Waals surface area (Å²) >= 11 is 0. The molecule has 1 saturated heterocycles. The number of rotatable bonds is 4. The first-order chi connectivity index (χ1) is 11.7. The average Bonchev–Trinajstić information content (AvgIpc) is 2.63. The number of nitriles is 1. The molecule has 0 amide bonds. The van der Waals surface area contributed by atoms with Crippen LogP contribution in [0.1, 0.15) is 36.6 Å². The van der Waals surface area contributed by atoms with Crippen molar-refractivity contribution in [3.05, 3.63) is 71.3 Å². The molecule has 1 heterocycles. The fourth-order valence-electron chi connectivity index (χ4n) is 3.15. The van der Waals surface area contributed by atoms with Gasteiger partial charge in [-0.05, 0) is 29.2 Å². The van der Waals surface area contributed by atoms with Gasteiger partial charge in [-0.15, -0.1) is 0 Å². The summed E-state index contributed by atoms with van der Waals surface area (Å²) in [6.07, 6.45) is 0.355. The molecule has 0 unspecified atom stereocenters. The van der Waals surface area contributed by atoms with Crippen molar-refractivity contribution in [3.8, 4) is 6.07 Å². The third-order valence-electron chi connectivity index (χ3n) is 4.61. The van der Waals surface area contributed by atoms with Gasteiger partial charge in [0, 0.05) is 19.6 Å². The Balaban J connectivity index is 1.75. The molecule has 3 rings (SSSR count). The van der Waals surface area contributed by atoms with E-state index in [1.54, 1.807) is 0 Å². The molecule has 0 spiro atoms. The van der Waals surface area contributed by atoms with E-state index < -0.39 is 0 Å². The Bertz CT molecular complexity index is 688. The van der Waals surface area contributed by atoms with Gasteiger partial charge < -0.3 is 4.74 Å². The van der Waals surface area contributed by atoms with E-state index in [9.17, 15) is 0 Å². The maximum Gasteiger partial charge on any atom is 0.0991 e. The van der Waals surface area contributed by atoms with E-state index in [1.807, 2.05) is 18.2 Å². The molecule has 124 valence electrons. The Morgan fingerprint density at radius 2 is 1.79 bits per heavy atom. The summed E-state index contributed by atoms with van der Waals surface area (Å²) in [7, 11) is 0. The number of hydrogen-bond donors (Lipinski definition) is 0. The maximum atomic E-state index is 8.93. The minimum absolute atomic E-state index is 0.116. The van der Waals surface area contributed by atoms with Crippen LogP contribution in [0.4, 0.5) is 0 Å². The van der Waals surface area contributed by atoms with Crippen molar-refractivity contribution < 1.29 is 4.74 Å².